The highest BCUT2D eigenvalue weighted by atomic mass is 18.2. The summed E-state index contributed by atoms with van der Waals surface area (Å²) in [6.45, 7) is 5.71. The zero-order valence-corrected chi connectivity index (χ0v) is 7.71. The van der Waals surface area contributed by atoms with Gasteiger partial charge in [0.1, 0.15) is 0 Å². The van der Waals surface area contributed by atoms with E-state index in [0.29, 0.717) is 12.1 Å². The molecule has 3 nitrogen and oxygen atoms in total. The number of aryl methyl sites for hydroxylation is 1. The van der Waals surface area contributed by atoms with Crippen molar-refractivity contribution in [3.8, 4) is 0 Å². The highest BCUT2D eigenvalue weighted by Crippen LogP contribution is 2.11. The number of hydrogen-bond acceptors (Lipinski definition) is 2. The second kappa shape index (κ2) is 3.21. The number of alkyl halides is 1. The smallest absolute Gasteiger partial charge is 0.0951 e. The van der Waals surface area contributed by atoms with E-state index in [1.807, 2.05) is 20.8 Å². The summed E-state index contributed by atoms with van der Waals surface area (Å²) in [5.41, 5.74) is 0.647. The molecular formula is C8H14FN3. The Balaban J connectivity index is 2.77. The lowest BCUT2D eigenvalue weighted by Crippen LogP contribution is -2.22. The molecular weight excluding hydrogens is 156 g/mol. The van der Waals surface area contributed by atoms with Crippen LogP contribution in [0.3, 0.4) is 0 Å². The number of rotatable bonds is 2. The fourth-order valence-corrected chi connectivity index (χ4v) is 0.838. The maximum absolute atomic E-state index is 11.9. The van der Waals surface area contributed by atoms with Crippen LogP contribution in [0.2, 0.25) is 0 Å². The van der Waals surface area contributed by atoms with E-state index in [4.69, 9.17) is 0 Å². The zero-order chi connectivity index (χ0) is 9.19. The Hall–Kier alpha value is -0.930. The summed E-state index contributed by atoms with van der Waals surface area (Å²) in [5, 5.41) is 7.75. The average Bonchev–Trinajstić information content (AvgIpc) is 2.35. The topological polar surface area (TPSA) is 30.7 Å². The third kappa shape index (κ3) is 2.03. The Bertz CT molecular complexity index is 249. The monoisotopic (exact) mass is 170 g/mol. The van der Waals surface area contributed by atoms with Gasteiger partial charge in [0.25, 0.3) is 0 Å². The normalized spacial score (nSPS) is 12.0. The molecule has 0 N–H and O–H groups in total. The summed E-state index contributed by atoms with van der Waals surface area (Å²) < 4.78 is 13.7. The molecule has 1 rings (SSSR count). The van der Waals surface area contributed by atoms with Crippen molar-refractivity contribution in [3.05, 3.63) is 11.9 Å². The molecule has 0 saturated heterocycles. The minimum Gasteiger partial charge on any atom is -0.251 e. The molecule has 1 heterocycles. The highest BCUT2D eigenvalue weighted by Gasteiger charge is 2.14. The van der Waals surface area contributed by atoms with Crippen LogP contribution in [0.15, 0.2) is 6.20 Å². The third-order valence-corrected chi connectivity index (χ3v) is 1.58. The Labute approximate surface area is 71.6 Å². The first-order valence-corrected chi connectivity index (χ1v) is 4.01. The van der Waals surface area contributed by atoms with Crippen molar-refractivity contribution in [1.29, 1.82) is 0 Å². The van der Waals surface area contributed by atoms with Crippen LogP contribution < -0.4 is 0 Å². The molecule has 0 radical (unpaired) electrons. The molecule has 1 aromatic heterocycles. The van der Waals surface area contributed by atoms with Crippen molar-refractivity contribution in [1.82, 2.24) is 15.0 Å². The molecule has 0 unspecified atom stereocenters. The second-order valence-electron chi connectivity index (χ2n) is 3.76. The number of nitrogens with zero attached hydrogens (tertiary/aromatic N) is 3. The van der Waals surface area contributed by atoms with Crippen molar-refractivity contribution in [3.63, 3.8) is 0 Å². The zero-order valence-electron chi connectivity index (χ0n) is 7.71. The molecule has 0 saturated carbocycles. The van der Waals surface area contributed by atoms with Gasteiger partial charge in [0.05, 0.1) is 17.9 Å². The lowest BCUT2D eigenvalue weighted by atomic mass is 10.1. The van der Waals surface area contributed by atoms with Gasteiger partial charge in [-0.15, -0.1) is 5.10 Å². The largest absolute Gasteiger partial charge is 0.251 e. The summed E-state index contributed by atoms with van der Waals surface area (Å²) in [4.78, 5) is 0. The molecule has 12 heavy (non-hydrogen) atoms. The first kappa shape index (κ1) is 9.16. The standard InChI is InChI=1S/C8H14FN3/c1-8(2,3)12-6-7(4-5-9)10-11-12/h6H,4-5H2,1-3H3/i9-1. The van der Waals surface area contributed by atoms with Gasteiger partial charge in [-0.05, 0) is 20.8 Å². The van der Waals surface area contributed by atoms with Gasteiger partial charge >= 0.3 is 0 Å². The molecule has 4 heteroatoms. The van der Waals surface area contributed by atoms with E-state index in [0.717, 1.165) is 0 Å². The van der Waals surface area contributed by atoms with Gasteiger partial charge in [-0.3, -0.25) is 4.39 Å². The third-order valence-electron chi connectivity index (χ3n) is 1.58. The van der Waals surface area contributed by atoms with Crippen LogP contribution in [0.25, 0.3) is 0 Å². The predicted octanol–water partition coefficient (Wildman–Crippen LogP) is 1.55. The fourth-order valence-electron chi connectivity index (χ4n) is 0.838. The first-order chi connectivity index (χ1) is 5.54. The molecule has 1 aromatic rings. The van der Waals surface area contributed by atoms with E-state index in [-0.39, 0.29) is 12.2 Å². The van der Waals surface area contributed by atoms with Crippen LogP contribution >= 0.6 is 0 Å². The van der Waals surface area contributed by atoms with Crippen molar-refractivity contribution in [2.75, 3.05) is 6.67 Å². The van der Waals surface area contributed by atoms with Crippen molar-refractivity contribution in [2.45, 2.75) is 32.7 Å². The molecule has 0 atom stereocenters. The summed E-state index contributed by atoms with van der Waals surface area (Å²) in [6.07, 6.45) is 2.15. The van der Waals surface area contributed by atoms with Crippen molar-refractivity contribution < 1.29 is 4.39 Å². The van der Waals surface area contributed by atoms with Crippen LogP contribution in [0, 0.1) is 0 Å². The molecule has 0 spiro atoms. The Kier molecular flexibility index (Phi) is 2.45. The maximum atomic E-state index is 11.9. The number of aromatic nitrogens is 3. The maximum Gasteiger partial charge on any atom is 0.0951 e. The van der Waals surface area contributed by atoms with Gasteiger partial charge in [-0.25, -0.2) is 4.68 Å². The Morgan fingerprint density at radius 3 is 2.58 bits per heavy atom. The van der Waals surface area contributed by atoms with Gasteiger partial charge in [-0.2, -0.15) is 0 Å². The van der Waals surface area contributed by atoms with E-state index in [9.17, 15) is 4.39 Å². The Morgan fingerprint density at radius 2 is 2.17 bits per heavy atom. The van der Waals surface area contributed by atoms with Gasteiger partial charge in [0, 0.05) is 12.6 Å². The molecule has 0 aromatic carbocycles. The second-order valence-corrected chi connectivity index (χ2v) is 3.76. The van der Waals surface area contributed by atoms with Gasteiger partial charge in [0.15, 0.2) is 0 Å². The summed E-state index contributed by atoms with van der Waals surface area (Å²) in [6, 6.07) is 0. The van der Waals surface area contributed by atoms with Crippen LogP contribution in [-0.2, 0) is 12.0 Å². The highest BCUT2D eigenvalue weighted by molar-refractivity contribution is 4.94. The van der Waals surface area contributed by atoms with Gasteiger partial charge in [-0.1, -0.05) is 5.21 Å². The van der Waals surface area contributed by atoms with Crippen LogP contribution in [0.4, 0.5) is 4.39 Å². The average molecular weight is 170 g/mol. The fraction of sp³-hybridized carbons (Fsp3) is 0.750. The van der Waals surface area contributed by atoms with Gasteiger partial charge in [0.2, 0.25) is 0 Å². The Morgan fingerprint density at radius 1 is 1.50 bits per heavy atom. The molecule has 0 aliphatic heterocycles. The first-order valence-electron chi connectivity index (χ1n) is 4.01. The lowest BCUT2D eigenvalue weighted by Gasteiger charge is -2.17. The van der Waals surface area contributed by atoms with E-state index in [2.05, 4.69) is 10.3 Å². The SMILES string of the molecule is CC(C)(C)n1cc(CC[18F])nn1. The van der Waals surface area contributed by atoms with Crippen molar-refractivity contribution in [2.24, 2.45) is 0 Å². The molecule has 68 valence electrons. The molecule has 0 fully saturated rings. The molecule has 0 bridgehead atoms. The van der Waals surface area contributed by atoms with E-state index in [1.54, 1.807) is 10.9 Å². The quantitative estimate of drug-likeness (QED) is 0.674. The van der Waals surface area contributed by atoms with Crippen LogP contribution in [0.1, 0.15) is 26.5 Å². The summed E-state index contributed by atoms with van der Waals surface area (Å²) in [5.74, 6) is 0. The predicted molar refractivity (Wildman–Crippen MR) is 44.7 cm³/mol. The van der Waals surface area contributed by atoms with Crippen molar-refractivity contribution >= 4 is 0 Å². The number of hydrogen-bond donors (Lipinski definition) is 0. The van der Waals surface area contributed by atoms with Crippen LogP contribution in [-0.4, -0.2) is 21.7 Å². The van der Waals surface area contributed by atoms with Gasteiger partial charge < -0.3 is 0 Å². The minimum atomic E-state index is -0.372. The lowest BCUT2D eigenvalue weighted by molar-refractivity contribution is 0.346. The summed E-state index contributed by atoms with van der Waals surface area (Å²) in [7, 11) is 0. The van der Waals surface area contributed by atoms with E-state index >= 15 is 0 Å². The van der Waals surface area contributed by atoms with E-state index in [1.165, 1.54) is 0 Å². The number of halogens is 1. The molecule has 0 aliphatic carbocycles. The van der Waals surface area contributed by atoms with Crippen LogP contribution in [0.5, 0.6) is 0 Å². The molecule has 0 aliphatic rings. The minimum absolute atomic E-state index is 0.0679. The summed E-state index contributed by atoms with van der Waals surface area (Å²) >= 11 is 0. The molecule has 0 amide bonds. The van der Waals surface area contributed by atoms with E-state index < -0.39 is 0 Å².